The minimum absolute atomic E-state index is 0.203. The van der Waals surface area contributed by atoms with Crippen molar-refractivity contribution in [1.29, 1.82) is 0 Å². The Morgan fingerprint density at radius 3 is 2.45 bits per heavy atom. The summed E-state index contributed by atoms with van der Waals surface area (Å²) in [5, 5.41) is 0. The van der Waals surface area contributed by atoms with Crippen LogP contribution < -0.4 is 0 Å². The number of hydrogen-bond acceptors (Lipinski definition) is 5. The quantitative estimate of drug-likeness (QED) is 0.267. The number of rotatable bonds is 10. The Bertz CT molecular complexity index is 436. The van der Waals surface area contributed by atoms with Crippen molar-refractivity contribution in [2.75, 3.05) is 25.7 Å². The number of sulfone groups is 1. The maximum atomic E-state index is 11.1. The second kappa shape index (κ2) is 9.58. The van der Waals surface area contributed by atoms with E-state index in [1.54, 1.807) is 0 Å². The van der Waals surface area contributed by atoms with Gasteiger partial charge < -0.3 is 9.47 Å². The highest BCUT2D eigenvalue weighted by molar-refractivity contribution is 7.90. The normalized spacial score (nSPS) is 13.2. The van der Waals surface area contributed by atoms with Crippen LogP contribution in [0.15, 0.2) is 24.5 Å². The van der Waals surface area contributed by atoms with Crippen LogP contribution in [0.25, 0.3) is 0 Å². The van der Waals surface area contributed by atoms with Crippen molar-refractivity contribution in [2.45, 2.75) is 26.2 Å². The van der Waals surface area contributed by atoms with Gasteiger partial charge in [-0.2, -0.15) is 0 Å². The van der Waals surface area contributed by atoms with Crippen molar-refractivity contribution in [3.8, 4) is 0 Å². The number of esters is 1. The molecular weight excluding hydrogens is 280 g/mol. The number of allylic oxidation sites excluding steroid dienone is 1. The molecule has 0 aromatic carbocycles. The third kappa shape index (κ3) is 10.6. The van der Waals surface area contributed by atoms with Crippen LogP contribution in [0.3, 0.4) is 0 Å². The smallest absolute Gasteiger partial charge is 0.330 e. The molecule has 0 N–H and O–H groups in total. The van der Waals surface area contributed by atoms with Crippen LogP contribution in [0.5, 0.6) is 0 Å². The van der Waals surface area contributed by atoms with Gasteiger partial charge in [-0.3, -0.25) is 0 Å². The molecule has 1 atom stereocenters. The number of carbonyl (C=O) groups is 1. The van der Waals surface area contributed by atoms with Crippen LogP contribution in [0.2, 0.25) is 0 Å². The van der Waals surface area contributed by atoms with E-state index in [0.717, 1.165) is 12.8 Å². The van der Waals surface area contributed by atoms with Crippen LogP contribution in [-0.4, -0.2) is 40.1 Å². The molecule has 0 amide bonds. The minimum atomic E-state index is -2.91. The first kappa shape index (κ1) is 18.7. The molecule has 0 saturated carbocycles. The maximum absolute atomic E-state index is 11.1. The Hall–Kier alpha value is -1.30. The Balaban J connectivity index is 3.98. The lowest BCUT2D eigenvalue weighted by atomic mass is 10.0. The lowest BCUT2D eigenvalue weighted by Gasteiger charge is -2.14. The molecule has 0 fully saturated rings. The van der Waals surface area contributed by atoms with E-state index in [4.69, 9.17) is 4.74 Å². The number of ether oxygens (including phenoxy) is 2. The second-order valence-electron chi connectivity index (χ2n) is 4.65. The van der Waals surface area contributed by atoms with Gasteiger partial charge in [0.25, 0.3) is 0 Å². The van der Waals surface area contributed by atoms with Crippen molar-refractivity contribution < 1.29 is 22.7 Å². The SMILES string of the molecule is C=C(C=CC(=O)OC)OCCC(CC)CCS(C)(=O)=O. The standard InChI is InChI=1S/C14H24O5S/c1-5-13(9-11-20(4,16)17)8-10-19-12(2)6-7-14(15)18-3/h6-7,13H,2,5,8-11H2,1,3-4H3. The van der Waals surface area contributed by atoms with Crippen LogP contribution in [0.1, 0.15) is 26.2 Å². The molecule has 0 spiro atoms. The summed E-state index contributed by atoms with van der Waals surface area (Å²) >= 11 is 0. The largest absolute Gasteiger partial charge is 0.494 e. The third-order valence-electron chi connectivity index (χ3n) is 2.89. The minimum Gasteiger partial charge on any atom is -0.494 e. The Kier molecular flexibility index (Phi) is 8.96. The van der Waals surface area contributed by atoms with Gasteiger partial charge in [-0.1, -0.05) is 19.9 Å². The Morgan fingerprint density at radius 2 is 1.95 bits per heavy atom. The van der Waals surface area contributed by atoms with Crippen LogP contribution in [0.4, 0.5) is 0 Å². The van der Waals surface area contributed by atoms with Crippen molar-refractivity contribution in [3.05, 3.63) is 24.5 Å². The summed E-state index contributed by atoms with van der Waals surface area (Å²) in [6.45, 7) is 6.13. The molecule has 20 heavy (non-hydrogen) atoms. The molecule has 5 nitrogen and oxygen atoms in total. The molecule has 0 bridgehead atoms. The van der Waals surface area contributed by atoms with Crippen LogP contribution in [0, 0.1) is 5.92 Å². The van der Waals surface area contributed by atoms with Crippen molar-refractivity contribution in [3.63, 3.8) is 0 Å². The van der Waals surface area contributed by atoms with Gasteiger partial charge >= 0.3 is 5.97 Å². The van der Waals surface area contributed by atoms with Gasteiger partial charge in [-0.25, -0.2) is 13.2 Å². The van der Waals surface area contributed by atoms with Gasteiger partial charge in [0.05, 0.1) is 19.5 Å². The van der Waals surface area contributed by atoms with Gasteiger partial charge in [0, 0.05) is 12.3 Å². The summed E-state index contributed by atoms with van der Waals surface area (Å²) in [5.74, 6) is 0.430. The molecule has 0 aliphatic rings. The first-order valence-corrected chi connectivity index (χ1v) is 8.60. The summed E-state index contributed by atoms with van der Waals surface area (Å²) < 4.78 is 32.0. The fourth-order valence-electron chi connectivity index (χ4n) is 1.57. The summed E-state index contributed by atoms with van der Waals surface area (Å²) in [7, 11) is -1.62. The zero-order valence-corrected chi connectivity index (χ0v) is 13.2. The highest BCUT2D eigenvalue weighted by Crippen LogP contribution is 2.15. The molecule has 1 unspecified atom stereocenters. The molecule has 0 saturated heterocycles. The summed E-state index contributed by atoms with van der Waals surface area (Å²) in [5.41, 5.74) is 0. The topological polar surface area (TPSA) is 69.7 Å². The fraction of sp³-hybridized carbons (Fsp3) is 0.643. The number of carbonyl (C=O) groups excluding carboxylic acids is 1. The monoisotopic (exact) mass is 304 g/mol. The predicted octanol–water partition coefficient (Wildman–Crippen LogP) is 2.10. The van der Waals surface area contributed by atoms with E-state index in [1.165, 1.54) is 25.5 Å². The molecule has 0 aromatic rings. The maximum Gasteiger partial charge on any atom is 0.330 e. The highest BCUT2D eigenvalue weighted by Gasteiger charge is 2.10. The van der Waals surface area contributed by atoms with E-state index < -0.39 is 15.8 Å². The van der Waals surface area contributed by atoms with E-state index in [9.17, 15) is 13.2 Å². The van der Waals surface area contributed by atoms with Crippen molar-refractivity contribution >= 4 is 15.8 Å². The molecular formula is C14H24O5S. The summed E-state index contributed by atoms with van der Waals surface area (Å²) in [4.78, 5) is 10.9. The number of methoxy groups -OCH3 is 1. The number of hydrogen-bond donors (Lipinski definition) is 0. The fourth-order valence-corrected chi connectivity index (χ4v) is 2.33. The van der Waals surface area contributed by atoms with Gasteiger partial charge in [-0.05, 0) is 24.8 Å². The van der Waals surface area contributed by atoms with E-state index in [1.807, 2.05) is 6.92 Å². The summed E-state index contributed by atoms with van der Waals surface area (Å²) in [6, 6.07) is 0. The molecule has 0 aromatic heterocycles. The Labute approximate surface area is 121 Å². The molecule has 0 rings (SSSR count). The van der Waals surface area contributed by atoms with Gasteiger partial charge in [0.15, 0.2) is 0 Å². The van der Waals surface area contributed by atoms with Crippen LogP contribution >= 0.6 is 0 Å². The van der Waals surface area contributed by atoms with Crippen LogP contribution in [-0.2, 0) is 24.1 Å². The van der Waals surface area contributed by atoms with Crippen molar-refractivity contribution in [1.82, 2.24) is 0 Å². The molecule has 0 radical (unpaired) electrons. The lowest BCUT2D eigenvalue weighted by Crippen LogP contribution is -2.11. The zero-order valence-electron chi connectivity index (χ0n) is 12.4. The summed E-state index contributed by atoms with van der Waals surface area (Å²) in [6.07, 6.45) is 6.24. The van der Waals surface area contributed by atoms with Gasteiger partial charge in [-0.15, -0.1) is 0 Å². The molecule has 0 heterocycles. The first-order chi connectivity index (χ1) is 9.28. The van der Waals surface area contributed by atoms with Crippen molar-refractivity contribution in [2.24, 2.45) is 5.92 Å². The third-order valence-corrected chi connectivity index (χ3v) is 3.87. The average molecular weight is 304 g/mol. The van der Waals surface area contributed by atoms with Gasteiger partial charge in [0.2, 0.25) is 0 Å². The highest BCUT2D eigenvalue weighted by atomic mass is 32.2. The van der Waals surface area contributed by atoms with E-state index in [0.29, 0.717) is 24.7 Å². The molecule has 0 aliphatic heterocycles. The molecule has 6 heteroatoms. The molecule has 0 aliphatic carbocycles. The van der Waals surface area contributed by atoms with Gasteiger partial charge in [0.1, 0.15) is 15.6 Å². The zero-order chi connectivity index (χ0) is 15.6. The Morgan fingerprint density at radius 1 is 1.30 bits per heavy atom. The molecule has 116 valence electrons. The predicted molar refractivity (Wildman–Crippen MR) is 79.0 cm³/mol. The lowest BCUT2D eigenvalue weighted by molar-refractivity contribution is -0.134. The van der Waals surface area contributed by atoms with E-state index in [-0.39, 0.29) is 5.75 Å². The first-order valence-electron chi connectivity index (χ1n) is 6.54. The second-order valence-corrected chi connectivity index (χ2v) is 6.91. The van der Waals surface area contributed by atoms with E-state index >= 15 is 0 Å². The van der Waals surface area contributed by atoms with E-state index in [2.05, 4.69) is 11.3 Å². The average Bonchev–Trinajstić information content (AvgIpc) is 2.38.